The van der Waals surface area contributed by atoms with E-state index in [9.17, 15) is 0 Å². The van der Waals surface area contributed by atoms with Gasteiger partial charge < -0.3 is 9.84 Å². The first-order chi connectivity index (χ1) is 5.27. The summed E-state index contributed by atoms with van der Waals surface area (Å²) in [7, 11) is 0. The molecule has 0 amide bonds. The van der Waals surface area contributed by atoms with Crippen LogP contribution >= 0.6 is 0 Å². The van der Waals surface area contributed by atoms with Crippen LogP contribution in [0, 0.1) is 0 Å². The van der Waals surface area contributed by atoms with Crippen LogP contribution in [0.5, 0.6) is 0 Å². The Kier molecular flexibility index (Phi) is 2.70. The van der Waals surface area contributed by atoms with E-state index in [1.807, 2.05) is 6.92 Å². The van der Waals surface area contributed by atoms with Gasteiger partial charge in [0.05, 0.1) is 24.9 Å². The van der Waals surface area contributed by atoms with Gasteiger partial charge in [-0.3, -0.25) is 0 Å². The number of aliphatic hydroxyl groups is 1. The highest BCUT2D eigenvalue weighted by atomic mass is 16.5. The molecule has 0 saturated carbocycles. The first kappa shape index (κ1) is 8.33. The van der Waals surface area contributed by atoms with Crippen molar-refractivity contribution < 1.29 is 9.84 Å². The number of hydrogen-bond donors (Lipinski definition) is 1. The van der Waals surface area contributed by atoms with E-state index in [1.165, 1.54) is 0 Å². The zero-order valence-corrected chi connectivity index (χ0v) is 6.34. The molecule has 1 saturated heterocycles. The molecule has 1 rings (SSSR count). The first-order valence-corrected chi connectivity index (χ1v) is 3.58. The molecule has 0 aromatic carbocycles. The standard InChI is InChI=1S/C6H11N3O2/c1-4-2-5(8-9-7)6(3-10)11-4/h4-6,10H,2-3H2,1H3/t4-,5+,6-/m0/s1. The van der Waals surface area contributed by atoms with Crippen LogP contribution in [0.1, 0.15) is 13.3 Å². The van der Waals surface area contributed by atoms with Gasteiger partial charge in [-0.2, -0.15) is 0 Å². The minimum Gasteiger partial charge on any atom is -0.394 e. The third-order valence-corrected chi connectivity index (χ3v) is 1.79. The summed E-state index contributed by atoms with van der Waals surface area (Å²) >= 11 is 0. The number of ether oxygens (including phenoxy) is 1. The molecule has 0 unspecified atom stereocenters. The molecule has 11 heavy (non-hydrogen) atoms. The molecular formula is C6H11N3O2. The molecule has 1 N–H and O–H groups in total. The molecule has 0 aromatic rings. The van der Waals surface area contributed by atoms with Crippen molar-refractivity contribution in [3.63, 3.8) is 0 Å². The van der Waals surface area contributed by atoms with Crippen molar-refractivity contribution in [1.29, 1.82) is 0 Å². The topological polar surface area (TPSA) is 78.2 Å². The predicted octanol–water partition coefficient (Wildman–Crippen LogP) is 0.835. The monoisotopic (exact) mass is 157 g/mol. The van der Waals surface area contributed by atoms with Gasteiger partial charge in [0.2, 0.25) is 0 Å². The van der Waals surface area contributed by atoms with E-state index in [4.69, 9.17) is 15.4 Å². The molecule has 0 radical (unpaired) electrons. The van der Waals surface area contributed by atoms with E-state index in [1.54, 1.807) is 0 Å². The fourth-order valence-corrected chi connectivity index (χ4v) is 1.29. The highest BCUT2D eigenvalue weighted by Crippen LogP contribution is 2.22. The van der Waals surface area contributed by atoms with Crippen molar-refractivity contribution >= 4 is 0 Å². The average Bonchev–Trinajstić information content (AvgIpc) is 2.32. The minimum atomic E-state index is -0.305. The van der Waals surface area contributed by atoms with Crippen LogP contribution in [0.4, 0.5) is 0 Å². The summed E-state index contributed by atoms with van der Waals surface area (Å²) in [5, 5.41) is 12.3. The zero-order valence-electron chi connectivity index (χ0n) is 6.34. The molecule has 0 bridgehead atoms. The van der Waals surface area contributed by atoms with Crippen molar-refractivity contribution in [3.05, 3.63) is 10.4 Å². The molecular weight excluding hydrogens is 146 g/mol. The number of azide groups is 1. The SMILES string of the molecule is C[C@H]1C[C@@H](N=[N+]=[N-])[C@H](CO)O1. The summed E-state index contributed by atoms with van der Waals surface area (Å²) < 4.78 is 5.26. The molecule has 1 aliphatic heterocycles. The largest absolute Gasteiger partial charge is 0.394 e. The van der Waals surface area contributed by atoms with Crippen LogP contribution in [0.2, 0.25) is 0 Å². The van der Waals surface area contributed by atoms with E-state index >= 15 is 0 Å². The molecule has 62 valence electrons. The maximum Gasteiger partial charge on any atom is 0.0894 e. The van der Waals surface area contributed by atoms with E-state index in [0.717, 1.165) is 0 Å². The molecule has 0 spiro atoms. The molecule has 5 nitrogen and oxygen atoms in total. The Labute approximate surface area is 64.6 Å². The second kappa shape index (κ2) is 3.57. The molecule has 1 fully saturated rings. The lowest BCUT2D eigenvalue weighted by molar-refractivity contribution is 0.0157. The third-order valence-electron chi connectivity index (χ3n) is 1.79. The molecule has 5 heteroatoms. The lowest BCUT2D eigenvalue weighted by Gasteiger charge is -2.09. The zero-order chi connectivity index (χ0) is 8.27. The maximum absolute atomic E-state index is 8.77. The fourth-order valence-electron chi connectivity index (χ4n) is 1.29. The van der Waals surface area contributed by atoms with Gasteiger partial charge in [0, 0.05) is 4.91 Å². The van der Waals surface area contributed by atoms with Crippen LogP contribution in [0.25, 0.3) is 10.4 Å². The van der Waals surface area contributed by atoms with Crippen LogP contribution < -0.4 is 0 Å². The summed E-state index contributed by atoms with van der Waals surface area (Å²) in [6.45, 7) is 1.82. The molecule has 3 atom stereocenters. The van der Waals surface area contributed by atoms with E-state index < -0.39 is 0 Å². The lowest BCUT2D eigenvalue weighted by atomic mass is 10.1. The van der Waals surface area contributed by atoms with Crippen molar-refractivity contribution in [3.8, 4) is 0 Å². The fraction of sp³-hybridized carbons (Fsp3) is 1.00. The highest BCUT2D eigenvalue weighted by molar-refractivity contribution is 4.85. The second-order valence-electron chi connectivity index (χ2n) is 2.68. The van der Waals surface area contributed by atoms with E-state index in [2.05, 4.69) is 10.0 Å². The van der Waals surface area contributed by atoms with Crippen LogP contribution in [-0.4, -0.2) is 30.0 Å². The highest BCUT2D eigenvalue weighted by Gasteiger charge is 2.31. The van der Waals surface area contributed by atoms with Crippen molar-refractivity contribution in [2.75, 3.05) is 6.61 Å². The van der Waals surface area contributed by atoms with E-state index in [0.29, 0.717) is 6.42 Å². The number of aliphatic hydroxyl groups excluding tert-OH is 1. The summed E-state index contributed by atoms with van der Waals surface area (Å²) in [5.74, 6) is 0. The maximum atomic E-state index is 8.77. The van der Waals surface area contributed by atoms with Crippen molar-refractivity contribution in [1.82, 2.24) is 0 Å². The number of nitrogens with zero attached hydrogens (tertiary/aromatic N) is 3. The van der Waals surface area contributed by atoms with Gasteiger partial charge in [0.25, 0.3) is 0 Å². The second-order valence-corrected chi connectivity index (χ2v) is 2.68. The van der Waals surface area contributed by atoms with Crippen LogP contribution in [-0.2, 0) is 4.74 Å². The predicted molar refractivity (Wildman–Crippen MR) is 39.0 cm³/mol. The van der Waals surface area contributed by atoms with Crippen LogP contribution in [0.3, 0.4) is 0 Å². The number of rotatable bonds is 2. The van der Waals surface area contributed by atoms with Gasteiger partial charge >= 0.3 is 0 Å². The molecule has 1 aliphatic rings. The first-order valence-electron chi connectivity index (χ1n) is 3.58. The molecule has 0 aromatic heterocycles. The minimum absolute atomic E-state index is 0.0754. The van der Waals surface area contributed by atoms with Gasteiger partial charge in [-0.25, -0.2) is 0 Å². The van der Waals surface area contributed by atoms with Crippen molar-refractivity contribution in [2.45, 2.75) is 31.6 Å². The Morgan fingerprint density at radius 2 is 2.55 bits per heavy atom. The number of hydrogen-bond acceptors (Lipinski definition) is 3. The Balaban J connectivity index is 2.56. The molecule has 1 heterocycles. The smallest absolute Gasteiger partial charge is 0.0894 e. The van der Waals surface area contributed by atoms with Gasteiger partial charge in [-0.15, -0.1) is 0 Å². The summed E-state index contributed by atoms with van der Waals surface area (Å²) in [5.41, 5.74) is 8.15. The van der Waals surface area contributed by atoms with Gasteiger partial charge in [-0.1, -0.05) is 5.11 Å². The summed E-state index contributed by atoms with van der Waals surface area (Å²) in [4.78, 5) is 2.68. The Bertz CT molecular complexity index is 179. The Hall–Kier alpha value is -0.770. The van der Waals surface area contributed by atoms with Gasteiger partial charge in [-0.05, 0) is 18.9 Å². The summed E-state index contributed by atoms with van der Waals surface area (Å²) in [6.07, 6.45) is 0.485. The van der Waals surface area contributed by atoms with Crippen molar-refractivity contribution in [2.24, 2.45) is 5.11 Å². The Morgan fingerprint density at radius 3 is 3.09 bits per heavy atom. The van der Waals surface area contributed by atoms with Crippen LogP contribution in [0.15, 0.2) is 5.11 Å². The third kappa shape index (κ3) is 1.83. The average molecular weight is 157 g/mol. The Morgan fingerprint density at radius 1 is 1.82 bits per heavy atom. The summed E-state index contributed by atoms with van der Waals surface area (Å²) in [6, 6.07) is -0.194. The lowest BCUT2D eigenvalue weighted by Crippen LogP contribution is -2.22. The quantitative estimate of drug-likeness (QED) is 0.366. The van der Waals surface area contributed by atoms with E-state index in [-0.39, 0.29) is 24.9 Å². The molecule has 0 aliphatic carbocycles. The van der Waals surface area contributed by atoms with Gasteiger partial charge in [0.15, 0.2) is 0 Å². The normalized spacial score (nSPS) is 36.7. The van der Waals surface area contributed by atoms with Gasteiger partial charge in [0.1, 0.15) is 0 Å².